The summed E-state index contributed by atoms with van der Waals surface area (Å²) in [7, 11) is -4.71. The lowest BCUT2D eigenvalue weighted by Gasteiger charge is -2.62. The molecule has 1 saturated carbocycles. The van der Waals surface area contributed by atoms with Gasteiger partial charge < -0.3 is 43.8 Å². The number of hydrogen-bond donors (Lipinski definition) is 3. The number of rotatable bonds is 10. The van der Waals surface area contributed by atoms with E-state index in [4.69, 9.17) is 28.7 Å². The lowest BCUT2D eigenvalue weighted by Crippen LogP contribution is -2.66. The fraction of sp³-hybridized carbons (Fsp3) is 0.469. The highest BCUT2D eigenvalue weighted by Crippen LogP contribution is 2.55. The molecule has 1 aliphatic carbocycles. The van der Waals surface area contributed by atoms with Gasteiger partial charge in [0.1, 0.15) is 30.1 Å². The van der Waals surface area contributed by atoms with Gasteiger partial charge in [0.15, 0.2) is 11.4 Å². The molecule has 356 valence electrons. The van der Waals surface area contributed by atoms with Crippen molar-refractivity contribution in [3.63, 3.8) is 0 Å². The first-order valence-corrected chi connectivity index (χ1v) is 25.1. The maximum absolute atomic E-state index is 14.6. The molecule has 1 amide bonds. The number of hydrogen-bond acceptors (Lipinski definition) is 15. The van der Waals surface area contributed by atoms with Gasteiger partial charge in [0, 0.05) is 60.0 Å². The fourth-order valence-electron chi connectivity index (χ4n) is 11.8. The summed E-state index contributed by atoms with van der Waals surface area (Å²) < 4.78 is 60.3. The van der Waals surface area contributed by atoms with Crippen molar-refractivity contribution in [2.24, 2.45) is 5.41 Å². The minimum atomic E-state index is -4.71. The number of fused-ring (bicyclic) bond motifs is 4. The molecule has 6 aliphatic heterocycles. The molecule has 12 rings (SSSR count). The number of carbonyl (C=O) groups excluding carboxylic acids is 1. The number of H-pyrrole nitrogens is 1. The lowest BCUT2D eigenvalue weighted by molar-refractivity contribution is -0.384. The highest BCUT2D eigenvalue weighted by atomic mass is 32.2. The van der Waals surface area contributed by atoms with Gasteiger partial charge in [0.2, 0.25) is 5.88 Å². The number of aromatic nitrogens is 2. The van der Waals surface area contributed by atoms with Gasteiger partial charge in [-0.05, 0) is 79.6 Å². The number of anilines is 4. The zero-order valence-electron chi connectivity index (χ0n) is 37.9. The number of benzene rings is 3. The van der Waals surface area contributed by atoms with Crippen molar-refractivity contribution in [1.82, 2.24) is 19.6 Å². The Bertz CT molecular complexity index is 2930. The summed E-state index contributed by atoms with van der Waals surface area (Å²) in [6, 6.07) is 20.5. The average molecular weight is 947 g/mol. The van der Waals surface area contributed by atoms with E-state index in [2.05, 4.69) is 62.9 Å². The van der Waals surface area contributed by atoms with Crippen LogP contribution in [-0.4, -0.2) is 124 Å². The molecular formula is C49H54N8O10S. The fourth-order valence-corrected chi connectivity index (χ4v) is 12.8. The zero-order valence-corrected chi connectivity index (χ0v) is 38.7. The van der Waals surface area contributed by atoms with Gasteiger partial charge in [-0.1, -0.05) is 38.1 Å². The maximum Gasteiger partial charge on any atom is 0.297 e. The molecule has 68 heavy (non-hydrogen) atoms. The number of carbonyl (C=O) groups is 1. The van der Waals surface area contributed by atoms with E-state index in [9.17, 15) is 23.3 Å². The second-order valence-corrected chi connectivity index (χ2v) is 21.4. The van der Waals surface area contributed by atoms with Crippen LogP contribution in [0.15, 0.2) is 77.8 Å². The van der Waals surface area contributed by atoms with Crippen molar-refractivity contribution < 1.29 is 41.8 Å². The van der Waals surface area contributed by atoms with E-state index in [1.165, 1.54) is 30.0 Å². The Labute approximate surface area is 393 Å². The van der Waals surface area contributed by atoms with Crippen LogP contribution in [0.2, 0.25) is 0 Å². The Morgan fingerprint density at radius 3 is 2.62 bits per heavy atom. The minimum Gasteiger partial charge on any atom is -0.489 e. The molecule has 1 spiro atoms. The van der Waals surface area contributed by atoms with Gasteiger partial charge in [-0.15, -0.1) is 0 Å². The lowest BCUT2D eigenvalue weighted by atomic mass is 9.60. The summed E-state index contributed by atoms with van der Waals surface area (Å²) in [6.45, 7) is 9.11. The zero-order chi connectivity index (χ0) is 46.5. The van der Waals surface area contributed by atoms with Crippen LogP contribution >= 0.6 is 0 Å². The number of pyridine rings is 1. The van der Waals surface area contributed by atoms with Gasteiger partial charge in [-0.3, -0.25) is 19.8 Å². The summed E-state index contributed by atoms with van der Waals surface area (Å²) in [5, 5.41) is 16.4. The van der Waals surface area contributed by atoms with E-state index in [1.807, 2.05) is 29.2 Å². The van der Waals surface area contributed by atoms with Crippen molar-refractivity contribution in [2.45, 2.75) is 86.7 Å². The third-order valence-electron chi connectivity index (χ3n) is 15.1. The van der Waals surface area contributed by atoms with E-state index >= 15 is 0 Å². The molecule has 0 unspecified atom stereocenters. The quantitative estimate of drug-likeness (QED) is 0.102. The van der Waals surface area contributed by atoms with Crippen LogP contribution in [0.25, 0.3) is 11.0 Å². The topological polar surface area (TPSA) is 203 Å². The predicted octanol–water partition coefficient (Wildman–Crippen LogP) is 6.41. The van der Waals surface area contributed by atoms with E-state index in [0.717, 1.165) is 49.6 Å². The standard InChI is InChI=1S/C49H54N8O10S/c1-28(2)33-6-3-4-7-34(33)37-8-5-13-55(37)31-20-49(21-31)26-54(27-49)30-9-10-35(38(17-30)56-40-16-29-11-12-50-46(29)52-48(40)67-44-25-64-23-41(44)56)47(58)53-68(61,62)32-18-39(57(59)60)45-42(19-32)66-22-36(51-45)43-24-63-14-15-65-43/h3-4,6-7,9-12,16-19,28,31,36-37,41,43-44,51H,5,8,13-15,20-27H2,1-2H3,(H,50,52)(H,53,58)/t36-,37-,41-,43+,44-/m0/s1. The number of nitrogens with zero attached hydrogens (tertiary/aromatic N) is 5. The van der Waals surface area contributed by atoms with Crippen molar-refractivity contribution in [3.05, 3.63) is 99.7 Å². The largest absolute Gasteiger partial charge is 0.489 e. The van der Waals surface area contributed by atoms with Crippen LogP contribution in [0, 0.1) is 15.5 Å². The Balaban J connectivity index is 0.842. The molecule has 19 heteroatoms. The third kappa shape index (κ3) is 7.40. The maximum atomic E-state index is 14.6. The molecule has 2 aromatic heterocycles. The number of nitrogens with one attached hydrogen (secondary N) is 3. The van der Waals surface area contributed by atoms with E-state index in [0.29, 0.717) is 67.3 Å². The van der Waals surface area contributed by atoms with Crippen molar-refractivity contribution >= 4 is 55.4 Å². The number of aromatic amines is 1. The molecule has 0 radical (unpaired) electrons. The second kappa shape index (κ2) is 16.6. The molecule has 5 aromatic rings. The van der Waals surface area contributed by atoms with Crippen LogP contribution < -0.4 is 29.3 Å². The van der Waals surface area contributed by atoms with E-state index in [1.54, 1.807) is 12.3 Å². The van der Waals surface area contributed by atoms with Crippen LogP contribution in [0.1, 0.15) is 73.0 Å². The Hall–Kier alpha value is -5.99. The smallest absolute Gasteiger partial charge is 0.297 e. The Morgan fingerprint density at radius 2 is 1.81 bits per heavy atom. The molecule has 7 aliphatic rings. The predicted molar refractivity (Wildman–Crippen MR) is 252 cm³/mol. The van der Waals surface area contributed by atoms with E-state index < -0.39 is 49.7 Å². The SMILES string of the molecule is CC(C)c1ccccc1[C@@H]1CCCN1C1CC2(C1)CN(c1ccc(C(=O)NS(=O)(=O)c3cc4c(c([N+](=O)[O-])c3)N[C@H]([C@H]3COCCO3)CO4)c(N3c4cc5cc[nH]c5nc4O[C@H]4COC[C@@H]43)c1)C2. The van der Waals surface area contributed by atoms with Gasteiger partial charge in [-0.25, -0.2) is 13.1 Å². The number of nitro groups is 1. The Kier molecular flexibility index (Phi) is 10.6. The summed E-state index contributed by atoms with van der Waals surface area (Å²) in [6.07, 6.45) is 5.58. The average Bonchev–Trinajstić information content (AvgIpc) is 4.11. The normalized spacial score (nSPS) is 25.4. The van der Waals surface area contributed by atoms with Crippen LogP contribution in [-0.2, 0) is 24.2 Å². The molecule has 5 fully saturated rings. The molecule has 18 nitrogen and oxygen atoms in total. The molecule has 8 heterocycles. The molecule has 5 atom stereocenters. The first-order chi connectivity index (χ1) is 32.9. The second-order valence-electron chi connectivity index (χ2n) is 19.7. The van der Waals surface area contributed by atoms with E-state index in [-0.39, 0.29) is 41.7 Å². The molecule has 3 aromatic carbocycles. The molecule has 0 bridgehead atoms. The summed E-state index contributed by atoms with van der Waals surface area (Å²) in [5.41, 5.74) is 5.27. The number of ether oxygens (including phenoxy) is 5. The highest BCUT2D eigenvalue weighted by Gasteiger charge is 2.55. The summed E-state index contributed by atoms with van der Waals surface area (Å²) in [5.74, 6) is -0.125. The molecule has 4 saturated heterocycles. The first-order valence-electron chi connectivity index (χ1n) is 23.7. The number of nitro benzene ring substituents is 1. The van der Waals surface area contributed by atoms with Crippen molar-refractivity contribution in [2.75, 3.05) is 74.4 Å². The summed E-state index contributed by atoms with van der Waals surface area (Å²) >= 11 is 0. The first kappa shape index (κ1) is 43.3. The van der Waals surface area contributed by atoms with Gasteiger partial charge in [0.05, 0.1) is 66.2 Å². The summed E-state index contributed by atoms with van der Waals surface area (Å²) in [4.78, 5) is 41.0. The van der Waals surface area contributed by atoms with Gasteiger partial charge >= 0.3 is 0 Å². The monoisotopic (exact) mass is 946 g/mol. The number of amides is 1. The van der Waals surface area contributed by atoms with Gasteiger partial charge in [0.25, 0.3) is 21.6 Å². The molecule has 3 N–H and O–H groups in total. The number of sulfonamides is 1. The van der Waals surface area contributed by atoms with Crippen LogP contribution in [0.5, 0.6) is 11.6 Å². The Morgan fingerprint density at radius 1 is 0.971 bits per heavy atom. The van der Waals surface area contributed by atoms with Crippen molar-refractivity contribution in [1.29, 1.82) is 0 Å². The highest BCUT2D eigenvalue weighted by molar-refractivity contribution is 7.90. The minimum absolute atomic E-state index is 0.0193. The van der Waals surface area contributed by atoms with Gasteiger partial charge in [-0.2, -0.15) is 4.98 Å². The van der Waals surface area contributed by atoms with Crippen molar-refractivity contribution in [3.8, 4) is 11.6 Å². The third-order valence-corrected chi connectivity index (χ3v) is 16.5. The van der Waals surface area contributed by atoms with Crippen LogP contribution in [0.4, 0.5) is 28.4 Å². The number of likely N-dealkylation sites (tertiary alicyclic amines) is 1. The molecular weight excluding hydrogens is 893 g/mol. The van der Waals surface area contributed by atoms with Crippen LogP contribution in [0.3, 0.4) is 0 Å².